The molecule has 0 spiro atoms. The van der Waals surface area contributed by atoms with Gasteiger partial charge in [-0.3, -0.25) is 0 Å². The van der Waals surface area contributed by atoms with Crippen molar-refractivity contribution in [3.05, 3.63) is 30.1 Å². The molecule has 1 aliphatic rings. The molecule has 0 saturated carbocycles. The average molecular weight is 270 g/mol. The smallest absolute Gasteiger partial charge is 0.123 e. The molecule has 1 aromatic carbocycles. The van der Waals surface area contributed by atoms with Crippen LogP contribution >= 0.6 is 11.8 Å². The summed E-state index contributed by atoms with van der Waals surface area (Å²) in [6, 6.07) is 6.41. The molecule has 0 aliphatic carbocycles. The number of aliphatic hydroxyl groups is 1. The van der Waals surface area contributed by atoms with Crippen LogP contribution < -0.4 is 0 Å². The Morgan fingerprint density at radius 1 is 1.28 bits per heavy atom. The molecule has 1 heterocycles. The second-order valence-electron chi connectivity index (χ2n) is 4.71. The summed E-state index contributed by atoms with van der Waals surface area (Å²) in [7, 11) is 0. The fourth-order valence-electron chi connectivity index (χ4n) is 2.16. The van der Waals surface area contributed by atoms with E-state index >= 15 is 0 Å². The zero-order valence-corrected chi connectivity index (χ0v) is 11.2. The Bertz CT molecular complexity index is 349. The molecule has 1 atom stereocenters. The van der Waals surface area contributed by atoms with Gasteiger partial charge >= 0.3 is 0 Å². The molecular weight excluding hydrogens is 251 g/mol. The van der Waals surface area contributed by atoms with Crippen molar-refractivity contribution in [2.75, 3.05) is 19.0 Å². The van der Waals surface area contributed by atoms with Gasteiger partial charge in [0.15, 0.2) is 0 Å². The van der Waals surface area contributed by atoms with Crippen LogP contribution in [0.3, 0.4) is 0 Å². The molecule has 0 aromatic heterocycles. The van der Waals surface area contributed by atoms with Gasteiger partial charge in [0.05, 0.1) is 6.10 Å². The number of rotatable bonds is 5. The second-order valence-corrected chi connectivity index (χ2v) is 5.80. The lowest BCUT2D eigenvalue weighted by Crippen LogP contribution is -2.22. The molecule has 0 radical (unpaired) electrons. The minimum absolute atomic E-state index is 0.220. The molecule has 0 amide bonds. The van der Waals surface area contributed by atoms with Crippen LogP contribution in [0, 0.1) is 11.7 Å². The Labute approximate surface area is 112 Å². The summed E-state index contributed by atoms with van der Waals surface area (Å²) in [5.41, 5.74) is 0. The van der Waals surface area contributed by atoms with Gasteiger partial charge < -0.3 is 9.84 Å². The molecule has 2 rings (SSSR count). The number of ether oxygens (including phenoxy) is 1. The van der Waals surface area contributed by atoms with Gasteiger partial charge in [-0.15, -0.1) is 11.8 Å². The predicted octanol–water partition coefficient (Wildman–Crippen LogP) is 3.10. The first-order chi connectivity index (χ1) is 8.74. The molecule has 1 unspecified atom stereocenters. The highest BCUT2D eigenvalue weighted by Crippen LogP contribution is 2.24. The fraction of sp³-hybridized carbons (Fsp3) is 0.571. The molecule has 1 saturated heterocycles. The summed E-state index contributed by atoms with van der Waals surface area (Å²) in [5.74, 6) is 1.04. The van der Waals surface area contributed by atoms with E-state index in [1.165, 1.54) is 12.1 Å². The molecule has 0 bridgehead atoms. The number of hydrogen-bond acceptors (Lipinski definition) is 3. The number of halogens is 1. The van der Waals surface area contributed by atoms with Gasteiger partial charge in [-0.25, -0.2) is 4.39 Å². The van der Waals surface area contributed by atoms with Crippen molar-refractivity contribution >= 4 is 11.8 Å². The molecular formula is C14H19FO2S. The SMILES string of the molecule is OC(CSc1ccc(F)cc1)CC1CCOCC1. The van der Waals surface area contributed by atoms with E-state index in [1.54, 1.807) is 23.9 Å². The van der Waals surface area contributed by atoms with Gasteiger partial charge in [-0.2, -0.15) is 0 Å². The molecule has 1 aromatic rings. The maximum atomic E-state index is 12.7. The molecule has 4 heteroatoms. The quantitative estimate of drug-likeness (QED) is 0.834. The predicted molar refractivity (Wildman–Crippen MR) is 71.3 cm³/mol. The maximum Gasteiger partial charge on any atom is 0.123 e. The van der Waals surface area contributed by atoms with E-state index < -0.39 is 0 Å². The van der Waals surface area contributed by atoms with Crippen LogP contribution in [0.25, 0.3) is 0 Å². The van der Waals surface area contributed by atoms with E-state index in [4.69, 9.17) is 4.74 Å². The van der Waals surface area contributed by atoms with Crippen LogP contribution in [0.2, 0.25) is 0 Å². The summed E-state index contributed by atoms with van der Waals surface area (Å²) < 4.78 is 18.0. The Morgan fingerprint density at radius 2 is 1.94 bits per heavy atom. The molecule has 1 fully saturated rings. The number of benzene rings is 1. The number of hydrogen-bond donors (Lipinski definition) is 1. The lowest BCUT2D eigenvalue weighted by molar-refractivity contribution is 0.0478. The Hall–Kier alpha value is -0.580. The highest BCUT2D eigenvalue weighted by atomic mass is 32.2. The fourth-order valence-corrected chi connectivity index (χ4v) is 3.01. The number of aliphatic hydroxyl groups excluding tert-OH is 1. The van der Waals surface area contributed by atoms with Crippen molar-refractivity contribution in [1.82, 2.24) is 0 Å². The van der Waals surface area contributed by atoms with Crippen LogP contribution in [-0.2, 0) is 4.74 Å². The molecule has 2 nitrogen and oxygen atoms in total. The van der Waals surface area contributed by atoms with E-state index in [-0.39, 0.29) is 11.9 Å². The third-order valence-electron chi connectivity index (χ3n) is 3.20. The molecule has 1 aliphatic heterocycles. The van der Waals surface area contributed by atoms with E-state index in [2.05, 4.69) is 0 Å². The van der Waals surface area contributed by atoms with Crippen LogP contribution in [-0.4, -0.2) is 30.2 Å². The van der Waals surface area contributed by atoms with Crippen molar-refractivity contribution in [3.63, 3.8) is 0 Å². The zero-order chi connectivity index (χ0) is 12.8. The highest BCUT2D eigenvalue weighted by molar-refractivity contribution is 7.99. The van der Waals surface area contributed by atoms with Gasteiger partial charge in [-0.05, 0) is 49.4 Å². The van der Waals surface area contributed by atoms with Crippen molar-refractivity contribution in [1.29, 1.82) is 0 Å². The Balaban J connectivity index is 1.70. The van der Waals surface area contributed by atoms with Gasteiger partial charge in [0.25, 0.3) is 0 Å². The Morgan fingerprint density at radius 3 is 2.61 bits per heavy atom. The van der Waals surface area contributed by atoms with E-state index in [0.717, 1.165) is 37.4 Å². The first-order valence-corrected chi connectivity index (χ1v) is 7.37. The van der Waals surface area contributed by atoms with Crippen molar-refractivity contribution in [2.45, 2.75) is 30.3 Å². The van der Waals surface area contributed by atoms with E-state index in [9.17, 15) is 9.50 Å². The lowest BCUT2D eigenvalue weighted by atomic mass is 9.94. The summed E-state index contributed by atoms with van der Waals surface area (Å²) in [6.45, 7) is 1.64. The third kappa shape index (κ3) is 4.59. The van der Waals surface area contributed by atoms with Crippen molar-refractivity contribution < 1.29 is 14.2 Å². The summed E-state index contributed by atoms with van der Waals surface area (Å²) >= 11 is 1.58. The van der Waals surface area contributed by atoms with Crippen LogP contribution in [0.5, 0.6) is 0 Å². The first-order valence-electron chi connectivity index (χ1n) is 6.38. The second kappa shape index (κ2) is 7.12. The van der Waals surface area contributed by atoms with E-state index in [0.29, 0.717) is 11.7 Å². The third-order valence-corrected chi connectivity index (χ3v) is 4.36. The monoisotopic (exact) mass is 270 g/mol. The summed E-state index contributed by atoms with van der Waals surface area (Å²) in [4.78, 5) is 1.00. The lowest BCUT2D eigenvalue weighted by Gasteiger charge is -2.24. The van der Waals surface area contributed by atoms with Gasteiger partial charge in [0.1, 0.15) is 5.82 Å². The molecule has 1 N–H and O–H groups in total. The van der Waals surface area contributed by atoms with Gasteiger partial charge in [0.2, 0.25) is 0 Å². The first kappa shape index (κ1) is 13.8. The molecule has 18 heavy (non-hydrogen) atoms. The summed E-state index contributed by atoms with van der Waals surface area (Å²) in [5, 5.41) is 9.98. The van der Waals surface area contributed by atoms with Crippen molar-refractivity contribution in [2.24, 2.45) is 5.92 Å². The summed E-state index contributed by atoms with van der Waals surface area (Å²) in [6.07, 6.45) is 2.66. The topological polar surface area (TPSA) is 29.5 Å². The van der Waals surface area contributed by atoms with Gasteiger partial charge in [0, 0.05) is 23.9 Å². The van der Waals surface area contributed by atoms with Crippen molar-refractivity contribution in [3.8, 4) is 0 Å². The van der Waals surface area contributed by atoms with Crippen LogP contribution in [0.1, 0.15) is 19.3 Å². The van der Waals surface area contributed by atoms with Crippen LogP contribution in [0.15, 0.2) is 29.2 Å². The Kier molecular flexibility index (Phi) is 5.47. The minimum Gasteiger partial charge on any atom is -0.392 e. The highest BCUT2D eigenvalue weighted by Gasteiger charge is 2.17. The van der Waals surface area contributed by atoms with Gasteiger partial charge in [-0.1, -0.05) is 0 Å². The minimum atomic E-state index is -0.289. The average Bonchev–Trinajstić information content (AvgIpc) is 2.39. The van der Waals surface area contributed by atoms with Crippen LogP contribution in [0.4, 0.5) is 4.39 Å². The zero-order valence-electron chi connectivity index (χ0n) is 10.3. The standard InChI is InChI=1S/C14H19FO2S/c15-12-1-3-14(4-2-12)18-10-13(16)9-11-5-7-17-8-6-11/h1-4,11,13,16H,5-10H2. The molecule has 100 valence electrons. The number of thioether (sulfide) groups is 1. The largest absolute Gasteiger partial charge is 0.392 e. The van der Waals surface area contributed by atoms with E-state index in [1.807, 2.05) is 0 Å². The normalized spacial score (nSPS) is 18.8. The maximum absolute atomic E-state index is 12.7.